The van der Waals surface area contributed by atoms with E-state index in [9.17, 15) is 0 Å². The highest BCUT2D eigenvalue weighted by Gasteiger charge is 2.10. The lowest BCUT2D eigenvalue weighted by molar-refractivity contribution is 1.33. The van der Waals surface area contributed by atoms with Crippen LogP contribution in [-0.4, -0.2) is 14.3 Å². The zero-order valence-corrected chi connectivity index (χ0v) is 5.27. The smallest absolute Gasteiger partial charge is 0.163 e. The zero-order valence-electron chi connectivity index (χ0n) is 4.46. The summed E-state index contributed by atoms with van der Waals surface area (Å²) < 4.78 is 2.85. The van der Waals surface area contributed by atoms with Gasteiger partial charge in [-0.05, 0) is 11.5 Å². The fourth-order valence-electron chi connectivity index (χ4n) is 0.666. The molecule has 0 radical (unpaired) electrons. The Morgan fingerprint density at radius 1 is 1.56 bits per heavy atom. The van der Waals surface area contributed by atoms with Crippen molar-refractivity contribution in [3.05, 3.63) is 6.33 Å². The lowest BCUT2D eigenvalue weighted by Crippen LogP contribution is -1.84. The molecule has 0 aromatic carbocycles. The van der Waals surface area contributed by atoms with E-state index in [0.717, 1.165) is 10.7 Å². The molecule has 0 spiro atoms. The number of anilines is 1. The van der Waals surface area contributed by atoms with Crippen molar-refractivity contribution in [3.8, 4) is 10.7 Å². The average Bonchev–Trinajstić information content (AvgIpc) is 2.35. The SMILES string of the molecule is Nc1[nH]sc2ncnc1-2. The molecule has 2 rings (SSSR count). The summed E-state index contributed by atoms with van der Waals surface area (Å²) in [6.07, 6.45) is 1.51. The van der Waals surface area contributed by atoms with E-state index in [-0.39, 0.29) is 0 Å². The number of fused-ring (bicyclic) bond motifs is 1. The van der Waals surface area contributed by atoms with Gasteiger partial charge in [0.2, 0.25) is 0 Å². The zero-order chi connectivity index (χ0) is 6.27. The van der Waals surface area contributed by atoms with E-state index in [1.54, 1.807) is 0 Å². The second-order valence-corrected chi connectivity index (χ2v) is 2.44. The van der Waals surface area contributed by atoms with Gasteiger partial charge in [-0.15, -0.1) is 0 Å². The van der Waals surface area contributed by atoms with Gasteiger partial charge in [0.25, 0.3) is 0 Å². The van der Waals surface area contributed by atoms with Crippen LogP contribution in [0.15, 0.2) is 6.33 Å². The van der Waals surface area contributed by atoms with Gasteiger partial charge in [0.05, 0.1) is 0 Å². The first-order chi connectivity index (χ1) is 4.38. The van der Waals surface area contributed by atoms with Gasteiger partial charge in [-0.3, -0.25) is 4.37 Å². The summed E-state index contributed by atoms with van der Waals surface area (Å²) in [5, 5.41) is 0.868. The quantitative estimate of drug-likeness (QED) is 0.561. The predicted octanol–water partition coefficient (Wildman–Crippen LogP) is 0.553. The van der Waals surface area contributed by atoms with Gasteiger partial charge in [0, 0.05) is 0 Å². The summed E-state index contributed by atoms with van der Waals surface area (Å²) >= 11 is 1.40. The number of aromatic nitrogens is 3. The molecule has 5 heteroatoms. The summed E-state index contributed by atoms with van der Waals surface area (Å²) in [4.78, 5) is 7.86. The van der Waals surface area contributed by atoms with E-state index in [2.05, 4.69) is 14.3 Å². The Morgan fingerprint density at radius 3 is 3.22 bits per heavy atom. The molecule has 9 heavy (non-hydrogen) atoms. The molecule has 0 fully saturated rings. The highest BCUT2D eigenvalue weighted by Crippen LogP contribution is 2.26. The van der Waals surface area contributed by atoms with Crippen LogP contribution in [0.3, 0.4) is 0 Å². The lowest BCUT2D eigenvalue weighted by Gasteiger charge is -1.80. The third kappa shape index (κ3) is 0.517. The van der Waals surface area contributed by atoms with Crippen LogP contribution in [0.2, 0.25) is 0 Å². The molecule has 0 bridgehead atoms. The Labute approximate surface area is 55.2 Å². The lowest BCUT2D eigenvalue weighted by atomic mass is 10.5. The van der Waals surface area contributed by atoms with Gasteiger partial charge in [0.15, 0.2) is 5.01 Å². The predicted molar refractivity (Wildman–Crippen MR) is 35.3 cm³/mol. The number of H-pyrrole nitrogens is 1. The number of nitrogens with zero attached hydrogens (tertiary/aromatic N) is 2. The molecule has 0 aromatic rings. The van der Waals surface area contributed by atoms with Gasteiger partial charge in [-0.2, -0.15) is 0 Å². The molecule has 0 amide bonds. The molecule has 0 aromatic heterocycles. The van der Waals surface area contributed by atoms with E-state index < -0.39 is 0 Å². The first-order valence-electron chi connectivity index (χ1n) is 2.41. The summed E-state index contributed by atoms with van der Waals surface area (Å²) in [6.45, 7) is 0. The van der Waals surface area contributed by atoms with E-state index in [1.165, 1.54) is 17.9 Å². The number of imidazole rings is 1. The van der Waals surface area contributed by atoms with Crippen molar-refractivity contribution in [2.75, 3.05) is 5.73 Å². The highest BCUT2D eigenvalue weighted by atomic mass is 32.1. The fraction of sp³-hybridized carbons (Fsp3) is 0. The molecule has 0 saturated carbocycles. The van der Waals surface area contributed by atoms with E-state index >= 15 is 0 Å². The molecular weight excluding hydrogens is 136 g/mol. The largest absolute Gasteiger partial charge is 0.383 e. The number of hydrogen-bond donors (Lipinski definition) is 2. The normalized spacial score (nSPS) is 10.7. The summed E-state index contributed by atoms with van der Waals surface area (Å²) in [5.41, 5.74) is 6.25. The maximum Gasteiger partial charge on any atom is 0.163 e. The number of aromatic amines is 1. The van der Waals surface area contributed by atoms with Gasteiger partial charge < -0.3 is 5.73 Å². The molecule has 46 valence electrons. The molecular formula is C4H4N4S. The molecule has 0 saturated heterocycles. The Hall–Kier alpha value is -1.10. The van der Waals surface area contributed by atoms with Gasteiger partial charge in [-0.1, -0.05) is 0 Å². The summed E-state index contributed by atoms with van der Waals surface area (Å²) in [7, 11) is 0. The Bertz CT molecular complexity index is 285. The van der Waals surface area contributed by atoms with Crippen molar-refractivity contribution in [1.82, 2.24) is 14.3 Å². The molecule has 2 aliphatic rings. The topological polar surface area (TPSA) is 67.6 Å². The molecule has 0 unspecified atom stereocenters. The molecule has 2 heterocycles. The molecule has 0 aliphatic carbocycles. The highest BCUT2D eigenvalue weighted by molar-refractivity contribution is 7.09. The Morgan fingerprint density at radius 2 is 2.44 bits per heavy atom. The van der Waals surface area contributed by atoms with E-state index in [0.29, 0.717) is 5.82 Å². The molecule has 4 nitrogen and oxygen atoms in total. The van der Waals surface area contributed by atoms with Crippen LogP contribution in [0.1, 0.15) is 0 Å². The fourth-order valence-corrected chi connectivity index (χ4v) is 1.33. The van der Waals surface area contributed by atoms with E-state index in [1.807, 2.05) is 0 Å². The monoisotopic (exact) mass is 140 g/mol. The third-order valence-corrected chi connectivity index (χ3v) is 1.89. The van der Waals surface area contributed by atoms with Crippen LogP contribution < -0.4 is 5.73 Å². The summed E-state index contributed by atoms with van der Waals surface area (Å²) in [6, 6.07) is 0. The van der Waals surface area contributed by atoms with Crippen molar-refractivity contribution < 1.29 is 0 Å². The number of nitrogens with two attached hydrogens (primary N) is 1. The van der Waals surface area contributed by atoms with Crippen LogP contribution in [-0.2, 0) is 0 Å². The minimum atomic E-state index is 0.604. The first kappa shape index (κ1) is 4.75. The Balaban J connectivity index is 2.79. The Kier molecular flexibility index (Phi) is 0.762. The van der Waals surface area contributed by atoms with Crippen LogP contribution >= 0.6 is 11.5 Å². The van der Waals surface area contributed by atoms with Crippen LogP contribution in [0.5, 0.6) is 0 Å². The van der Waals surface area contributed by atoms with Crippen LogP contribution in [0.4, 0.5) is 5.82 Å². The van der Waals surface area contributed by atoms with Crippen LogP contribution in [0.25, 0.3) is 10.7 Å². The van der Waals surface area contributed by atoms with Crippen LogP contribution in [0, 0.1) is 0 Å². The van der Waals surface area contributed by atoms with Crippen molar-refractivity contribution in [2.45, 2.75) is 0 Å². The second kappa shape index (κ2) is 1.44. The second-order valence-electron chi connectivity index (χ2n) is 1.65. The van der Waals surface area contributed by atoms with Crippen molar-refractivity contribution in [2.24, 2.45) is 0 Å². The maximum atomic E-state index is 5.47. The number of hydrogen-bond acceptors (Lipinski definition) is 4. The average molecular weight is 140 g/mol. The van der Waals surface area contributed by atoms with Gasteiger partial charge >= 0.3 is 0 Å². The third-order valence-electron chi connectivity index (χ3n) is 1.08. The van der Waals surface area contributed by atoms with Gasteiger partial charge in [-0.25, -0.2) is 9.97 Å². The summed E-state index contributed by atoms with van der Waals surface area (Å²) in [5.74, 6) is 0.604. The van der Waals surface area contributed by atoms with Gasteiger partial charge in [0.1, 0.15) is 17.8 Å². The minimum Gasteiger partial charge on any atom is -0.383 e. The molecule has 3 N–H and O–H groups in total. The molecule has 0 atom stereocenters. The number of nitrogen functional groups attached to an aromatic ring is 1. The number of nitrogens with one attached hydrogen (secondary N) is 1. The van der Waals surface area contributed by atoms with Crippen molar-refractivity contribution >= 4 is 17.4 Å². The number of rotatable bonds is 0. The maximum absolute atomic E-state index is 5.47. The van der Waals surface area contributed by atoms with Crippen molar-refractivity contribution in [3.63, 3.8) is 0 Å². The molecule has 2 aliphatic heterocycles. The van der Waals surface area contributed by atoms with Crippen molar-refractivity contribution in [1.29, 1.82) is 0 Å². The standard InChI is InChI=1S/C4H4N4S/c5-3-2-4(9-8-3)7-1-6-2/h1,8H,5H2. The minimum absolute atomic E-state index is 0.604. The first-order valence-corrected chi connectivity index (χ1v) is 3.23. The van der Waals surface area contributed by atoms with E-state index in [4.69, 9.17) is 5.73 Å².